The van der Waals surface area contributed by atoms with Gasteiger partial charge in [-0.15, -0.1) is 0 Å². The SMILES string of the molecule is COc1ccc([C@H]2OC[C@H](Cc3ccccn3)[C@@H]2CO)cc1OC. The number of methoxy groups -OCH3 is 2. The normalized spacial score (nSPS) is 23.2. The molecule has 3 rings (SSSR count). The average Bonchev–Trinajstić information content (AvgIpc) is 3.04. The van der Waals surface area contributed by atoms with Gasteiger partial charge < -0.3 is 19.3 Å². The third-order valence-electron chi connectivity index (χ3n) is 4.63. The van der Waals surface area contributed by atoms with Crippen LogP contribution in [0.5, 0.6) is 11.5 Å². The van der Waals surface area contributed by atoms with Crippen LogP contribution in [0.3, 0.4) is 0 Å². The second-order valence-electron chi connectivity index (χ2n) is 6.00. The van der Waals surface area contributed by atoms with Crippen LogP contribution in [0.25, 0.3) is 0 Å². The lowest BCUT2D eigenvalue weighted by Gasteiger charge is -2.21. The lowest BCUT2D eigenvalue weighted by molar-refractivity contribution is 0.0717. The van der Waals surface area contributed by atoms with Crippen LogP contribution in [0, 0.1) is 11.8 Å². The largest absolute Gasteiger partial charge is 0.493 e. The van der Waals surface area contributed by atoms with Gasteiger partial charge in [0.25, 0.3) is 0 Å². The lowest BCUT2D eigenvalue weighted by Crippen LogP contribution is -2.21. The molecule has 0 saturated carbocycles. The summed E-state index contributed by atoms with van der Waals surface area (Å²) in [6.45, 7) is 0.692. The van der Waals surface area contributed by atoms with E-state index < -0.39 is 0 Å². The topological polar surface area (TPSA) is 60.8 Å². The van der Waals surface area contributed by atoms with Gasteiger partial charge in [-0.1, -0.05) is 12.1 Å². The fourth-order valence-corrected chi connectivity index (χ4v) is 3.34. The van der Waals surface area contributed by atoms with Crippen LogP contribution in [-0.2, 0) is 11.2 Å². The Balaban J connectivity index is 1.79. The van der Waals surface area contributed by atoms with E-state index in [0.717, 1.165) is 17.7 Å². The van der Waals surface area contributed by atoms with Gasteiger partial charge in [0.15, 0.2) is 11.5 Å². The average molecular weight is 329 g/mol. The van der Waals surface area contributed by atoms with Crippen LogP contribution >= 0.6 is 0 Å². The summed E-state index contributed by atoms with van der Waals surface area (Å²) in [5.41, 5.74) is 2.02. The standard InChI is InChI=1S/C19H23NO4/c1-22-17-7-6-13(10-18(17)23-2)19-16(11-21)14(12-24-19)9-15-5-3-4-8-20-15/h3-8,10,14,16,19,21H,9,11-12H2,1-2H3/t14-,16-,19+/m0/s1. The Bertz CT molecular complexity index is 662. The van der Waals surface area contributed by atoms with Crippen molar-refractivity contribution in [3.8, 4) is 11.5 Å². The van der Waals surface area contributed by atoms with E-state index in [-0.39, 0.29) is 24.5 Å². The van der Waals surface area contributed by atoms with Crippen LogP contribution in [-0.4, -0.2) is 37.5 Å². The number of aromatic nitrogens is 1. The molecule has 128 valence electrons. The van der Waals surface area contributed by atoms with Crippen molar-refractivity contribution in [2.75, 3.05) is 27.4 Å². The van der Waals surface area contributed by atoms with E-state index in [4.69, 9.17) is 14.2 Å². The van der Waals surface area contributed by atoms with E-state index in [1.807, 2.05) is 36.4 Å². The maximum atomic E-state index is 9.92. The number of benzene rings is 1. The summed E-state index contributed by atoms with van der Waals surface area (Å²) >= 11 is 0. The predicted molar refractivity (Wildman–Crippen MR) is 90.2 cm³/mol. The highest BCUT2D eigenvalue weighted by Crippen LogP contribution is 2.41. The number of pyridine rings is 1. The Morgan fingerprint density at radius 3 is 2.67 bits per heavy atom. The van der Waals surface area contributed by atoms with E-state index >= 15 is 0 Å². The van der Waals surface area contributed by atoms with Gasteiger partial charge in [0, 0.05) is 24.4 Å². The van der Waals surface area contributed by atoms with Crippen molar-refractivity contribution in [1.29, 1.82) is 0 Å². The first-order chi connectivity index (χ1) is 11.8. The third kappa shape index (κ3) is 3.37. The van der Waals surface area contributed by atoms with Crippen molar-refractivity contribution >= 4 is 0 Å². The Labute approximate surface area is 142 Å². The summed E-state index contributed by atoms with van der Waals surface area (Å²) in [5, 5.41) is 9.92. The van der Waals surface area contributed by atoms with Gasteiger partial charge in [0.1, 0.15) is 0 Å². The van der Waals surface area contributed by atoms with Gasteiger partial charge in [-0.3, -0.25) is 4.98 Å². The number of nitrogens with zero attached hydrogens (tertiary/aromatic N) is 1. The van der Waals surface area contributed by atoms with Crippen molar-refractivity contribution < 1.29 is 19.3 Å². The molecule has 1 aromatic heterocycles. The monoisotopic (exact) mass is 329 g/mol. The van der Waals surface area contributed by atoms with E-state index in [1.54, 1.807) is 20.4 Å². The van der Waals surface area contributed by atoms with Gasteiger partial charge in [-0.25, -0.2) is 0 Å². The lowest BCUT2D eigenvalue weighted by atomic mass is 9.85. The molecule has 2 heterocycles. The zero-order valence-electron chi connectivity index (χ0n) is 14.0. The molecule has 0 spiro atoms. The van der Waals surface area contributed by atoms with Crippen molar-refractivity contribution in [2.24, 2.45) is 11.8 Å². The number of aliphatic hydroxyl groups excluding tert-OH is 1. The molecule has 2 aromatic rings. The maximum absolute atomic E-state index is 9.92. The summed E-state index contributed by atoms with van der Waals surface area (Å²) in [6.07, 6.45) is 2.45. The van der Waals surface area contributed by atoms with E-state index in [1.165, 1.54) is 0 Å². The molecule has 0 amide bonds. The molecule has 0 aliphatic carbocycles. The number of hydrogen-bond donors (Lipinski definition) is 1. The summed E-state index contributed by atoms with van der Waals surface area (Å²) < 4.78 is 16.7. The van der Waals surface area contributed by atoms with E-state index in [9.17, 15) is 5.11 Å². The second-order valence-corrected chi connectivity index (χ2v) is 6.00. The third-order valence-corrected chi connectivity index (χ3v) is 4.63. The molecule has 1 N–H and O–H groups in total. The number of aliphatic hydroxyl groups is 1. The van der Waals surface area contributed by atoms with Gasteiger partial charge in [-0.2, -0.15) is 0 Å². The Hall–Kier alpha value is -2.11. The number of ether oxygens (including phenoxy) is 3. The van der Waals surface area contributed by atoms with Gasteiger partial charge >= 0.3 is 0 Å². The van der Waals surface area contributed by atoms with E-state index in [2.05, 4.69) is 4.98 Å². The highest BCUT2D eigenvalue weighted by molar-refractivity contribution is 5.43. The molecule has 3 atom stereocenters. The van der Waals surface area contributed by atoms with Crippen LogP contribution in [0.4, 0.5) is 0 Å². The first-order valence-electron chi connectivity index (χ1n) is 8.11. The zero-order valence-corrected chi connectivity index (χ0v) is 14.0. The summed E-state index contributed by atoms with van der Waals surface area (Å²) in [4.78, 5) is 4.39. The predicted octanol–water partition coefficient (Wildman–Crippen LogP) is 2.64. The second kappa shape index (κ2) is 7.64. The smallest absolute Gasteiger partial charge is 0.161 e. The molecule has 1 aromatic carbocycles. The molecular formula is C19H23NO4. The molecule has 0 bridgehead atoms. The molecule has 1 aliphatic rings. The highest BCUT2D eigenvalue weighted by atomic mass is 16.5. The molecule has 1 saturated heterocycles. The van der Waals surface area contributed by atoms with Crippen LogP contribution < -0.4 is 9.47 Å². The van der Waals surface area contributed by atoms with Gasteiger partial charge in [0.2, 0.25) is 0 Å². The molecule has 24 heavy (non-hydrogen) atoms. The molecule has 0 unspecified atom stereocenters. The first kappa shape index (κ1) is 16.7. The molecule has 5 heteroatoms. The van der Waals surface area contributed by atoms with Crippen molar-refractivity contribution in [3.63, 3.8) is 0 Å². The number of rotatable bonds is 6. The minimum absolute atomic E-state index is 0.0325. The molecule has 0 radical (unpaired) electrons. The van der Waals surface area contributed by atoms with Crippen molar-refractivity contribution in [1.82, 2.24) is 4.98 Å². The first-order valence-corrected chi connectivity index (χ1v) is 8.11. The maximum Gasteiger partial charge on any atom is 0.161 e. The van der Waals surface area contributed by atoms with Gasteiger partial charge in [0.05, 0.1) is 26.9 Å². The highest BCUT2D eigenvalue weighted by Gasteiger charge is 2.38. The molecule has 1 fully saturated rings. The van der Waals surface area contributed by atoms with Crippen LogP contribution in [0.15, 0.2) is 42.6 Å². The Morgan fingerprint density at radius 1 is 1.17 bits per heavy atom. The summed E-state index contributed by atoms with van der Waals surface area (Å²) in [7, 11) is 3.23. The molecule has 1 aliphatic heterocycles. The minimum Gasteiger partial charge on any atom is -0.493 e. The Morgan fingerprint density at radius 2 is 2.00 bits per heavy atom. The van der Waals surface area contributed by atoms with Crippen LogP contribution in [0.1, 0.15) is 17.4 Å². The van der Waals surface area contributed by atoms with E-state index in [0.29, 0.717) is 18.1 Å². The quantitative estimate of drug-likeness (QED) is 0.883. The summed E-state index contributed by atoms with van der Waals surface area (Å²) in [6, 6.07) is 11.7. The van der Waals surface area contributed by atoms with Crippen molar-refractivity contribution in [2.45, 2.75) is 12.5 Å². The van der Waals surface area contributed by atoms with Crippen LogP contribution in [0.2, 0.25) is 0 Å². The minimum atomic E-state index is -0.150. The fourth-order valence-electron chi connectivity index (χ4n) is 3.34. The zero-order chi connectivity index (χ0) is 16.9. The Kier molecular flexibility index (Phi) is 5.33. The fraction of sp³-hybridized carbons (Fsp3) is 0.421. The van der Waals surface area contributed by atoms with Crippen molar-refractivity contribution in [3.05, 3.63) is 53.9 Å². The number of hydrogen-bond acceptors (Lipinski definition) is 5. The summed E-state index contributed by atoms with van der Waals surface area (Å²) in [5.74, 6) is 1.63. The van der Waals surface area contributed by atoms with Gasteiger partial charge in [-0.05, 0) is 42.2 Å². The molecule has 5 nitrogen and oxygen atoms in total. The molecular weight excluding hydrogens is 306 g/mol.